The number of hydrogen-bond donors (Lipinski definition) is 1. The fourth-order valence-corrected chi connectivity index (χ4v) is 3.57. The highest BCUT2D eigenvalue weighted by Gasteiger charge is 2.24. The van der Waals surface area contributed by atoms with Crippen LogP contribution in [0.15, 0.2) is 12.2 Å². The van der Waals surface area contributed by atoms with Crippen molar-refractivity contribution in [3.8, 4) is 0 Å². The molecule has 1 N–H and O–H groups in total. The van der Waals surface area contributed by atoms with Crippen LogP contribution in [0.5, 0.6) is 0 Å². The molecular weight excluding hydrogens is 238 g/mol. The molecule has 0 aromatic carbocycles. The lowest BCUT2D eigenvalue weighted by molar-refractivity contribution is -0.123. The number of carbonyl (C=O) groups excluding carboxylic acids is 2. The zero-order valence-corrected chi connectivity index (χ0v) is 11.7. The minimum atomic E-state index is -0.329. The molecule has 0 aromatic heterocycles. The van der Waals surface area contributed by atoms with Crippen LogP contribution in [0.3, 0.4) is 0 Å². The average Bonchev–Trinajstić information content (AvgIpc) is 2.85. The third-order valence-electron chi connectivity index (χ3n) is 4.60. The van der Waals surface area contributed by atoms with Crippen LogP contribution in [0.1, 0.15) is 64.2 Å². The zero-order valence-electron chi connectivity index (χ0n) is 11.7. The number of rotatable bonds is 1. The SMILES string of the molecule is C1CCC(C2CCCCC2)CC1.O=C1C=CC(=O)N1. The van der Waals surface area contributed by atoms with E-state index in [2.05, 4.69) is 0 Å². The second-order valence-electron chi connectivity index (χ2n) is 5.98. The van der Waals surface area contributed by atoms with E-state index >= 15 is 0 Å². The quantitative estimate of drug-likeness (QED) is 0.737. The van der Waals surface area contributed by atoms with Crippen LogP contribution in [0.4, 0.5) is 0 Å². The summed E-state index contributed by atoms with van der Waals surface area (Å²) in [5.41, 5.74) is 0. The minimum absolute atomic E-state index is 0.329. The van der Waals surface area contributed by atoms with Gasteiger partial charge in [0, 0.05) is 12.2 Å². The second-order valence-corrected chi connectivity index (χ2v) is 5.98. The molecule has 0 spiro atoms. The van der Waals surface area contributed by atoms with E-state index in [1.165, 1.54) is 50.7 Å². The van der Waals surface area contributed by atoms with Gasteiger partial charge >= 0.3 is 0 Å². The van der Waals surface area contributed by atoms with Crippen LogP contribution >= 0.6 is 0 Å². The van der Waals surface area contributed by atoms with Gasteiger partial charge in [0.05, 0.1) is 0 Å². The summed E-state index contributed by atoms with van der Waals surface area (Å²) in [6.45, 7) is 0. The molecule has 19 heavy (non-hydrogen) atoms. The van der Waals surface area contributed by atoms with E-state index in [9.17, 15) is 9.59 Å². The molecule has 3 rings (SSSR count). The molecule has 0 unspecified atom stereocenters. The van der Waals surface area contributed by atoms with E-state index < -0.39 is 0 Å². The smallest absolute Gasteiger partial charge is 0.250 e. The third-order valence-corrected chi connectivity index (χ3v) is 4.60. The van der Waals surface area contributed by atoms with Crippen molar-refractivity contribution in [3.63, 3.8) is 0 Å². The summed E-state index contributed by atoms with van der Waals surface area (Å²) in [6, 6.07) is 0. The molecule has 2 saturated carbocycles. The summed E-state index contributed by atoms with van der Waals surface area (Å²) >= 11 is 0. The third kappa shape index (κ3) is 4.81. The van der Waals surface area contributed by atoms with Crippen molar-refractivity contribution >= 4 is 11.8 Å². The van der Waals surface area contributed by atoms with Gasteiger partial charge in [-0.1, -0.05) is 64.2 Å². The number of nitrogens with one attached hydrogen (secondary N) is 1. The fourth-order valence-electron chi connectivity index (χ4n) is 3.57. The molecule has 1 aliphatic heterocycles. The van der Waals surface area contributed by atoms with Crippen molar-refractivity contribution in [3.05, 3.63) is 12.2 Å². The Kier molecular flexibility index (Phi) is 5.62. The minimum Gasteiger partial charge on any atom is -0.289 e. The van der Waals surface area contributed by atoms with E-state index in [1.54, 1.807) is 25.7 Å². The topological polar surface area (TPSA) is 46.2 Å². The molecule has 3 heteroatoms. The van der Waals surface area contributed by atoms with Crippen molar-refractivity contribution in [1.82, 2.24) is 5.32 Å². The van der Waals surface area contributed by atoms with Crippen molar-refractivity contribution in [1.29, 1.82) is 0 Å². The van der Waals surface area contributed by atoms with Gasteiger partial charge in [0.15, 0.2) is 0 Å². The lowest BCUT2D eigenvalue weighted by Crippen LogP contribution is -2.20. The lowest BCUT2D eigenvalue weighted by atomic mass is 9.73. The highest BCUT2D eigenvalue weighted by Crippen LogP contribution is 2.37. The monoisotopic (exact) mass is 263 g/mol. The van der Waals surface area contributed by atoms with E-state index in [1.807, 2.05) is 5.32 Å². The summed E-state index contributed by atoms with van der Waals surface area (Å²) < 4.78 is 0. The van der Waals surface area contributed by atoms with Gasteiger partial charge in [-0.2, -0.15) is 0 Å². The van der Waals surface area contributed by atoms with Crippen LogP contribution < -0.4 is 5.32 Å². The van der Waals surface area contributed by atoms with Crippen LogP contribution in [-0.4, -0.2) is 11.8 Å². The van der Waals surface area contributed by atoms with Gasteiger partial charge in [-0.05, 0) is 11.8 Å². The van der Waals surface area contributed by atoms with E-state index in [-0.39, 0.29) is 11.8 Å². The first-order valence-corrected chi connectivity index (χ1v) is 7.79. The van der Waals surface area contributed by atoms with Gasteiger partial charge in [0.25, 0.3) is 11.8 Å². The van der Waals surface area contributed by atoms with Crippen LogP contribution in [0, 0.1) is 11.8 Å². The number of hydrogen-bond acceptors (Lipinski definition) is 2. The molecule has 0 aromatic rings. The second kappa shape index (κ2) is 7.46. The van der Waals surface area contributed by atoms with Gasteiger partial charge in [-0.3, -0.25) is 14.9 Å². The first kappa shape index (κ1) is 14.3. The Labute approximate surface area is 115 Å². The van der Waals surface area contributed by atoms with Crippen molar-refractivity contribution < 1.29 is 9.59 Å². The van der Waals surface area contributed by atoms with Gasteiger partial charge in [-0.15, -0.1) is 0 Å². The lowest BCUT2D eigenvalue weighted by Gasteiger charge is -2.32. The van der Waals surface area contributed by atoms with Crippen LogP contribution in [0.25, 0.3) is 0 Å². The first-order valence-electron chi connectivity index (χ1n) is 7.79. The first-order chi connectivity index (χ1) is 9.25. The molecule has 106 valence electrons. The Balaban J connectivity index is 0.000000163. The predicted octanol–water partition coefficient (Wildman–Crippen LogP) is 3.35. The van der Waals surface area contributed by atoms with Crippen molar-refractivity contribution in [2.45, 2.75) is 64.2 Å². The Hall–Kier alpha value is -1.12. The number of imide groups is 1. The van der Waals surface area contributed by atoms with Gasteiger partial charge < -0.3 is 0 Å². The highest BCUT2D eigenvalue weighted by molar-refractivity contribution is 6.12. The average molecular weight is 263 g/mol. The van der Waals surface area contributed by atoms with E-state index in [0.717, 1.165) is 11.8 Å². The Bertz CT molecular complexity index is 305. The molecule has 3 aliphatic rings. The molecular formula is C16H25NO2. The Morgan fingerprint density at radius 2 is 1.05 bits per heavy atom. The Morgan fingerprint density at radius 3 is 1.32 bits per heavy atom. The Morgan fingerprint density at radius 1 is 0.684 bits per heavy atom. The molecule has 0 bridgehead atoms. The summed E-state index contributed by atoms with van der Waals surface area (Å²) in [7, 11) is 0. The number of amides is 2. The molecule has 2 amide bonds. The maximum Gasteiger partial charge on any atom is 0.250 e. The highest BCUT2D eigenvalue weighted by atomic mass is 16.2. The van der Waals surface area contributed by atoms with Gasteiger partial charge in [0.2, 0.25) is 0 Å². The maximum absolute atomic E-state index is 10.0. The van der Waals surface area contributed by atoms with Gasteiger partial charge in [0.1, 0.15) is 0 Å². The van der Waals surface area contributed by atoms with E-state index in [4.69, 9.17) is 0 Å². The molecule has 0 atom stereocenters. The normalized spacial score (nSPS) is 24.8. The summed E-state index contributed by atoms with van der Waals surface area (Å²) in [6.07, 6.45) is 17.8. The molecule has 0 saturated heterocycles. The van der Waals surface area contributed by atoms with Crippen molar-refractivity contribution in [2.24, 2.45) is 11.8 Å². The molecule has 0 radical (unpaired) electrons. The predicted molar refractivity (Wildman–Crippen MR) is 75.4 cm³/mol. The van der Waals surface area contributed by atoms with E-state index in [0.29, 0.717) is 0 Å². The summed E-state index contributed by atoms with van der Waals surface area (Å²) in [4.78, 5) is 20.1. The summed E-state index contributed by atoms with van der Waals surface area (Å²) in [5.74, 6) is 1.62. The molecule has 1 heterocycles. The van der Waals surface area contributed by atoms with Crippen LogP contribution in [-0.2, 0) is 9.59 Å². The molecule has 3 nitrogen and oxygen atoms in total. The molecule has 2 fully saturated rings. The van der Waals surface area contributed by atoms with Crippen LogP contribution in [0.2, 0.25) is 0 Å². The van der Waals surface area contributed by atoms with Crippen molar-refractivity contribution in [2.75, 3.05) is 0 Å². The number of carbonyl (C=O) groups is 2. The summed E-state index contributed by atoms with van der Waals surface area (Å²) in [5, 5.41) is 2.03. The molecule has 2 aliphatic carbocycles. The largest absolute Gasteiger partial charge is 0.289 e. The van der Waals surface area contributed by atoms with Gasteiger partial charge in [-0.25, -0.2) is 0 Å². The fraction of sp³-hybridized carbons (Fsp3) is 0.750. The zero-order chi connectivity index (χ0) is 13.5. The standard InChI is InChI=1S/C12H22.C4H3NO2/c1-3-7-11(8-4-1)12-9-5-2-6-10-12;6-3-1-2-4(7)5-3/h11-12H,1-10H2;1-2H,(H,5,6,7). The maximum atomic E-state index is 10.0.